The molecule has 11 heteroatoms. The molecule has 0 radical (unpaired) electrons. The molecule has 3 amide bonds. The Morgan fingerprint density at radius 3 is 2.23 bits per heavy atom. The molecule has 3 rings (SSSR count). The number of amides is 3. The third kappa shape index (κ3) is 7.36. The van der Waals surface area contributed by atoms with Crippen molar-refractivity contribution in [2.75, 3.05) is 23.8 Å². The van der Waals surface area contributed by atoms with Crippen LogP contribution < -0.4 is 24.4 Å². The number of urea groups is 1. The fourth-order valence-electron chi connectivity index (χ4n) is 3.24. The van der Waals surface area contributed by atoms with E-state index < -0.39 is 28.2 Å². The molecule has 3 N–H and O–H groups in total. The zero-order chi connectivity index (χ0) is 25.4. The van der Waals surface area contributed by atoms with Gasteiger partial charge in [0.2, 0.25) is 5.91 Å². The van der Waals surface area contributed by atoms with E-state index in [1.807, 2.05) is 35.1 Å². The summed E-state index contributed by atoms with van der Waals surface area (Å²) >= 11 is 5.98. The number of benzene rings is 3. The number of carbonyl (C=O) groups excluding carboxylic acids is 2. The van der Waals surface area contributed by atoms with Crippen molar-refractivity contribution in [2.45, 2.75) is 12.5 Å². The quantitative estimate of drug-likeness (QED) is 0.402. The number of para-hydroxylation sites is 1. The Morgan fingerprint density at radius 1 is 0.971 bits per heavy atom. The molecular weight excluding hydrogens is 492 g/mol. The first-order chi connectivity index (χ1) is 16.7. The van der Waals surface area contributed by atoms with Gasteiger partial charge in [0, 0.05) is 19.2 Å². The van der Waals surface area contributed by atoms with Crippen LogP contribution in [0.3, 0.4) is 0 Å². The van der Waals surface area contributed by atoms with Crippen molar-refractivity contribution >= 4 is 45.1 Å². The van der Waals surface area contributed by atoms with Crippen LogP contribution in [-0.2, 0) is 21.4 Å². The first-order valence-corrected chi connectivity index (χ1v) is 12.4. The van der Waals surface area contributed by atoms with E-state index in [2.05, 4.69) is 10.0 Å². The summed E-state index contributed by atoms with van der Waals surface area (Å²) in [6, 6.07) is 19.9. The number of nitrogens with one attached hydrogen (secondary N) is 3. The Kier molecular flexibility index (Phi) is 8.56. The van der Waals surface area contributed by atoms with Gasteiger partial charge >= 0.3 is 16.2 Å². The number of hydrogen-bond acceptors (Lipinski definition) is 5. The van der Waals surface area contributed by atoms with E-state index in [0.29, 0.717) is 11.4 Å². The number of halogens is 1. The predicted molar refractivity (Wildman–Crippen MR) is 136 cm³/mol. The molecule has 0 fully saturated rings. The Balaban J connectivity index is 1.76. The van der Waals surface area contributed by atoms with E-state index in [1.54, 1.807) is 43.4 Å². The molecule has 3 aromatic carbocycles. The van der Waals surface area contributed by atoms with Gasteiger partial charge in [-0.25, -0.2) is 9.52 Å². The second-order valence-electron chi connectivity index (χ2n) is 7.50. The van der Waals surface area contributed by atoms with Crippen molar-refractivity contribution in [2.24, 2.45) is 0 Å². The Morgan fingerprint density at radius 2 is 1.60 bits per heavy atom. The maximum atomic E-state index is 13.3. The van der Waals surface area contributed by atoms with E-state index in [-0.39, 0.29) is 17.1 Å². The Bertz CT molecular complexity index is 1270. The van der Waals surface area contributed by atoms with Crippen molar-refractivity contribution < 1.29 is 22.7 Å². The van der Waals surface area contributed by atoms with Crippen molar-refractivity contribution in [3.63, 3.8) is 0 Å². The highest BCUT2D eigenvalue weighted by Crippen LogP contribution is 2.21. The molecule has 0 aliphatic carbocycles. The smallest absolute Gasteiger partial charge is 0.330 e. The fraction of sp³-hybridized carbons (Fsp3) is 0.167. The van der Waals surface area contributed by atoms with Crippen LogP contribution in [0.15, 0.2) is 78.9 Å². The van der Waals surface area contributed by atoms with Crippen LogP contribution in [0.4, 0.5) is 16.2 Å². The third-order valence-corrected chi connectivity index (χ3v) is 6.29. The van der Waals surface area contributed by atoms with Gasteiger partial charge in [-0.05, 0) is 42.0 Å². The monoisotopic (exact) mass is 516 g/mol. The second-order valence-corrected chi connectivity index (χ2v) is 9.32. The Hall–Kier alpha value is -3.76. The summed E-state index contributed by atoms with van der Waals surface area (Å²) in [7, 11) is -1.21. The van der Waals surface area contributed by atoms with Crippen LogP contribution in [0.5, 0.6) is 5.75 Å². The fourth-order valence-corrected chi connectivity index (χ4v) is 4.30. The summed E-state index contributed by atoms with van der Waals surface area (Å²) < 4.78 is 34.1. The van der Waals surface area contributed by atoms with Gasteiger partial charge in [-0.3, -0.25) is 9.52 Å². The summed E-state index contributed by atoms with van der Waals surface area (Å²) in [5.74, 6) is 0.190. The van der Waals surface area contributed by atoms with E-state index in [4.69, 9.17) is 16.3 Å². The van der Waals surface area contributed by atoms with E-state index in [9.17, 15) is 18.0 Å². The van der Waals surface area contributed by atoms with Gasteiger partial charge in [0.1, 0.15) is 11.8 Å². The molecule has 0 aliphatic rings. The molecule has 0 saturated heterocycles. The molecule has 0 heterocycles. The average molecular weight is 517 g/mol. The minimum absolute atomic E-state index is 0.102. The zero-order valence-electron chi connectivity index (χ0n) is 19.1. The largest absolute Gasteiger partial charge is 0.497 e. The van der Waals surface area contributed by atoms with Crippen molar-refractivity contribution in [1.82, 2.24) is 10.0 Å². The molecule has 0 aromatic heterocycles. The highest BCUT2D eigenvalue weighted by molar-refractivity contribution is 7.91. The molecule has 0 aliphatic heterocycles. The van der Waals surface area contributed by atoms with Crippen molar-refractivity contribution in [3.8, 4) is 5.75 Å². The molecular formula is C24H25ClN4O5S. The van der Waals surface area contributed by atoms with Crippen LogP contribution >= 0.6 is 11.6 Å². The summed E-state index contributed by atoms with van der Waals surface area (Å²) in [5.41, 5.74) is 1.46. The number of likely N-dealkylation sites (N-methyl/N-ethyl adjacent to an activating group) is 1. The summed E-state index contributed by atoms with van der Waals surface area (Å²) in [5, 5.41) is 2.64. The van der Waals surface area contributed by atoms with Crippen LogP contribution in [0.1, 0.15) is 5.56 Å². The van der Waals surface area contributed by atoms with Crippen LogP contribution in [0.2, 0.25) is 5.02 Å². The lowest BCUT2D eigenvalue weighted by molar-refractivity contribution is -0.120. The van der Waals surface area contributed by atoms with Gasteiger partial charge in [0.05, 0.1) is 17.8 Å². The van der Waals surface area contributed by atoms with E-state index in [0.717, 1.165) is 5.56 Å². The van der Waals surface area contributed by atoms with Crippen molar-refractivity contribution in [1.29, 1.82) is 0 Å². The molecule has 0 bridgehead atoms. The first kappa shape index (κ1) is 25.9. The average Bonchev–Trinajstić information content (AvgIpc) is 2.84. The van der Waals surface area contributed by atoms with Gasteiger partial charge in [-0.15, -0.1) is 0 Å². The maximum Gasteiger partial charge on any atom is 0.330 e. The highest BCUT2D eigenvalue weighted by atomic mass is 35.5. The minimum atomic E-state index is -4.32. The maximum absolute atomic E-state index is 13.3. The zero-order valence-corrected chi connectivity index (χ0v) is 20.6. The SMILES string of the molecule is COc1ccc(N(C)C(=O)[C@H](Cc2ccccc2)NC(=O)NS(=O)(=O)Nc2ccccc2Cl)cc1. The number of carbonyl (C=O) groups is 2. The van der Waals surface area contributed by atoms with Gasteiger partial charge in [0.15, 0.2) is 0 Å². The summed E-state index contributed by atoms with van der Waals surface area (Å²) in [6.07, 6.45) is 0.144. The molecule has 1 atom stereocenters. The van der Waals surface area contributed by atoms with E-state index in [1.165, 1.54) is 24.1 Å². The van der Waals surface area contributed by atoms with Gasteiger partial charge in [-0.1, -0.05) is 54.1 Å². The predicted octanol–water partition coefficient (Wildman–Crippen LogP) is 3.58. The number of ether oxygens (including phenoxy) is 1. The molecule has 0 saturated carbocycles. The van der Waals surface area contributed by atoms with Crippen molar-refractivity contribution in [3.05, 3.63) is 89.4 Å². The molecule has 0 spiro atoms. The summed E-state index contributed by atoms with van der Waals surface area (Å²) in [6.45, 7) is 0. The van der Waals surface area contributed by atoms with Gasteiger partial charge in [-0.2, -0.15) is 8.42 Å². The summed E-state index contributed by atoms with van der Waals surface area (Å²) in [4.78, 5) is 27.3. The lowest BCUT2D eigenvalue weighted by Gasteiger charge is -2.25. The first-order valence-electron chi connectivity index (χ1n) is 10.5. The highest BCUT2D eigenvalue weighted by Gasteiger charge is 2.27. The molecule has 9 nitrogen and oxygen atoms in total. The number of anilines is 2. The lowest BCUT2D eigenvalue weighted by Crippen LogP contribution is -2.53. The molecule has 35 heavy (non-hydrogen) atoms. The topological polar surface area (TPSA) is 117 Å². The van der Waals surface area contributed by atoms with Crippen LogP contribution in [-0.4, -0.2) is 40.6 Å². The van der Waals surface area contributed by atoms with E-state index >= 15 is 0 Å². The van der Waals surface area contributed by atoms with Crippen LogP contribution in [0, 0.1) is 0 Å². The normalized spacial score (nSPS) is 11.7. The molecule has 0 unspecified atom stereocenters. The molecule has 184 valence electrons. The number of nitrogens with zero attached hydrogens (tertiary/aromatic N) is 1. The number of rotatable bonds is 9. The molecule has 3 aromatic rings. The minimum Gasteiger partial charge on any atom is -0.497 e. The van der Waals surface area contributed by atoms with Crippen LogP contribution in [0.25, 0.3) is 0 Å². The standard InChI is InChI=1S/C24H25ClN4O5S/c1-29(18-12-14-19(34-2)15-13-18)23(30)22(16-17-8-4-3-5-9-17)26-24(31)28-35(32,33)27-21-11-7-6-10-20(21)25/h3-15,22,27H,16H2,1-2H3,(H2,26,28,31)/t22-/m0/s1. The number of hydrogen-bond donors (Lipinski definition) is 3. The Labute approximate surface area is 209 Å². The van der Waals surface area contributed by atoms with Gasteiger partial charge in [0.25, 0.3) is 0 Å². The third-order valence-electron chi connectivity index (χ3n) is 5.02. The second kappa shape index (κ2) is 11.6. The lowest BCUT2D eigenvalue weighted by atomic mass is 10.0. The number of methoxy groups -OCH3 is 1. The van der Waals surface area contributed by atoms with Gasteiger partial charge < -0.3 is 15.0 Å².